The lowest BCUT2D eigenvalue weighted by molar-refractivity contribution is 0.169. The number of hydrogen-bond donors (Lipinski definition) is 2. The van der Waals surface area contributed by atoms with Crippen LogP contribution in [0.4, 0.5) is 0 Å². The second-order valence-electron chi connectivity index (χ2n) is 6.22. The zero-order chi connectivity index (χ0) is 16.2. The predicted molar refractivity (Wildman–Crippen MR) is 90.6 cm³/mol. The Bertz CT molecular complexity index is 658. The Hall–Kier alpha value is -1.91. The summed E-state index contributed by atoms with van der Waals surface area (Å²) in [5.41, 5.74) is 4.61. The molecule has 0 bridgehead atoms. The van der Waals surface area contributed by atoms with E-state index < -0.39 is 6.10 Å². The van der Waals surface area contributed by atoms with Crippen molar-refractivity contribution in [3.05, 3.63) is 58.9 Å². The van der Waals surface area contributed by atoms with Crippen molar-refractivity contribution in [1.29, 1.82) is 0 Å². The topological polar surface area (TPSA) is 54.4 Å². The van der Waals surface area contributed by atoms with Crippen LogP contribution in [0, 0.1) is 13.8 Å². The molecule has 3 rings (SSSR count). The van der Waals surface area contributed by atoms with E-state index >= 15 is 0 Å². The third-order valence-corrected chi connectivity index (χ3v) is 4.54. The molecule has 1 aliphatic heterocycles. The van der Waals surface area contributed by atoms with Crippen LogP contribution in [0.25, 0.3) is 0 Å². The maximum absolute atomic E-state index is 10.3. The summed E-state index contributed by atoms with van der Waals surface area (Å²) >= 11 is 0. The van der Waals surface area contributed by atoms with Gasteiger partial charge in [-0.2, -0.15) is 0 Å². The largest absolute Gasteiger partial charge is 0.493 e. The Morgan fingerprint density at radius 3 is 2.78 bits per heavy atom. The van der Waals surface area contributed by atoms with Crippen molar-refractivity contribution in [2.75, 3.05) is 13.2 Å². The molecule has 2 heterocycles. The molecule has 0 amide bonds. The van der Waals surface area contributed by atoms with Crippen LogP contribution in [-0.4, -0.2) is 23.2 Å². The fourth-order valence-corrected chi connectivity index (χ4v) is 3.00. The lowest BCUT2D eigenvalue weighted by Crippen LogP contribution is -2.26. The van der Waals surface area contributed by atoms with E-state index in [1.807, 2.05) is 12.1 Å². The first-order valence-electron chi connectivity index (χ1n) is 8.20. The number of fused-ring (bicyclic) bond motifs is 1. The van der Waals surface area contributed by atoms with Crippen molar-refractivity contribution >= 4 is 0 Å². The lowest BCUT2D eigenvalue weighted by atomic mass is 9.97. The Kier molecular flexibility index (Phi) is 4.94. The highest BCUT2D eigenvalue weighted by molar-refractivity contribution is 5.44. The van der Waals surface area contributed by atoms with Gasteiger partial charge in [0.05, 0.1) is 12.7 Å². The first kappa shape index (κ1) is 16.0. The first-order chi connectivity index (χ1) is 11.1. The van der Waals surface area contributed by atoms with Crippen molar-refractivity contribution in [1.82, 2.24) is 10.3 Å². The quantitative estimate of drug-likeness (QED) is 0.910. The maximum atomic E-state index is 10.3. The predicted octanol–water partition coefficient (Wildman–Crippen LogP) is 3.24. The van der Waals surface area contributed by atoms with Gasteiger partial charge in [-0.05, 0) is 61.6 Å². The van der Waals surface area contributed by atoms with E-state index in [4.69, 9.17) is 4.74 Å². The number of ether oxygens (including phenoxy) is 1. The van der Waals surface area contributed by atoms with Crippen molar-refractivity contribution in [3.63, 3.8) is 0 Å². The van der Waals surface area contributed by atoms with Crippen LogP contribution >= 0.6 is 0 Å². The number of pyridine rings is 1. The molecule has 0 aliphatic carbocycles. The summed E-state index contributed by atoms with van der Waals surface area (Å²) < 4.78 is 5.90. The standard InChI is InChI=1S/C19H24N2O2/c1-13-10-16-17(4-3-9-23-19(16)11-14(13)2)21-12-18(22)15-5-7-20-8-6-15/h5-8,10-11,17-18,21-22H,3-4,9,12H2,1-2H3. The van der Waals surface area contributed by atoms with Gasteiger partial charge in [-0.3, -0.25) is 4.98 Å². The van der Waals surface area contributed by atoms with Gasteiger partial charge in [-0.15, -0.1) is 0 Å². The van der Waals surface area contributed by atoms with E-state index in [9.17, 15) is 5.11 Å². The molecule has 0 saturated heterocycles. The molecule has 2 N–H and O–H groups in total. The average Bonchev–Trinajstić information content (AvgIpc) is 2.76. The molecule has 1 aromatic carbocycles. The molecule has 0 spiro atoms. The fourth-order valence-electron chi connectivity index (χ4n) is 3.00. The van der Waals surface area contributed by atoms with Crippen LogP contribution in [0.15, 0.2) is 36.7 Å². The Labute approximate surface area is 137 Å². The number of nitrogens with zero attached hydrogens (tertiary/aromatic N) is 1. The van der Waals surface area contributed by atoms with E-state index in [1.165, 1.54) is 16.7 Å². The molecule has 23 heavy (non-hydrogen) atoms. The van der Waals surface area contributed by atoms with E-state index in [0.717, 1.165) is 30.8 Å². The Balaban J connectivity index is 1.74. The molecule has 4 nitrogen and oxygen atoms in total. The second kappa shape index (κ2) is 7.11. The highest BCUT2D eigenvalue weighted by Gasteiger charge is 2.21. The maximum Gasteiger partial charge on any atom is 0.124 e. The summed E-state index contributed by atoms with van der Waals surface area (Å²) in [6, 6.07) is 8.26. The molecule has 0 saturated carbocycles. The van der Waals surface area contributed by atoms with Crippen LogP contribution in [0.2, 0.25) is 0 Å². The molecular weight excluding hydrogens is 288 g/mol. The number of benzene rings is 1. The van der Waals surface area contributed by atoms with E-state index in [0.29, 0.717) is 6.54 Å². The number of aliphatic hydroxyl groups is 1. The molecule has 2 aromatic rings. The highest BCUT2D eigenvalue weighted by Crippen LogP contribution is 2.34. The summed E-state index contributed by atoms with van der Waals surface area (Å²) in [5.74, 6) is 0.974. The van der Waals surface area contributed by atoms with Crippen molar-refractivity contribution in [3.8, 4) is 5.75 Å². The number of aryl methyl sites for hydroxylation is 2. The summed E-state index contributed by atoms with van der Waals surface area (Å²) in [6.07, 6.45) is 4.91. The van der Waals surface area contributed by atoms with Crippen LogP contribution < -0.4 is 10.1 Å². The van der Waals surface area contributed by atoms with Gasteiger partial charge >= 0.3 is 0 Å². The van der Waals surface area contributed by atoms with Crippen LogP contribution in [0.3, 0.4) is 0 Å². The SMILES string of the molecule is Cc1cc2c(cc1C)C(NCC(O)c1ccncc1)CCCO2. The van der Waals surface area contributed by atoms with Gasteiger partial charge in [0.25, 0.3) is 0 Å². The molecule has 0 radical (unpaired) electrons. The molecule has 1 aromatic heterocycles. The number of nitrogens with one attached hydrogen (secondary N) is 1. The Morgan fingerprint density at radius 2 is 2.00 bits per heavy atom. The van der Waals surface area contributed by atoms with E-state index in [-0.39, 0.29) is 6.04 Å². The number of rotatable bonds is 4. The van der Waals surface area contributed by atoms with Gasteiger partial charge in [0.2, 0.25) is 0 Å². The molecule has 2 atom stereocenters. The van der Waals surface area contributed by atoms with Gasteiger partial charge < -0.3 is 15.2 Å². The minimum absolute atomic E-state index is 0.211. The minimum Gasteiger partial charge on any atom is -0.493 e. The van der Waals surface area contributed by atoms with Gasteiger partial charge in [-0.25, -0.2) is 0 Å². The summed E-state index contributed by atoms with van der Waals surface area (Å²) in [5, 5.41) is 13.9. The van der Waals surface area contributed by atoms with Crippen molar-refractivity contribution in [2.24, 2.45) is 0 Å². The minimum atomic E-state index is -0.530. The van der Waals surface area contributed by atoms with Crippen molar-refractivity contribution in [2.45, 2.75) is 38.8 Å². The molecule has 1 aliphatic rings. The summed E-state index contributed by atoms with van der Waals surface area (Å²) in [7, 11) is 0. The summed E-state index contributed by atoms with van der Waals surface area (Å²) in [4.78, 5) is 3.99. The summed E-state index contributed by atoms with van der Waals surface area (Å²) in [6.45, 7) is 5.50. The second-order valence-corrected chi connectivity index (χ2v) is 6.22. The smallest absolute Gasteiger partial charge is 0.124 e. The zero-order valence-electron chi connectivity index (χ0n) is 13.7. The first-order valence-corrected chi connectivity index (χ1v) is 8.20. The molecule has 0 fully saturated rings. The normalized spacial score (nSPS) is 18.7. The van der Waals surface area contributed by atoms with Crippen molar-refractivity contribution < 1.29 is 9.84 Å². The van der Waals surface area contributed by atoms with Gasteiger partial charge in [-0.1, -0.05) is 6.07 Å². The number of aromatic nitrogens is 1. The number of aliphatic hydroxyl groups excluding tert-OH is 1. The van der Waals surface area contributed by atoms with E-state index in [2.05, 4.69) is 36.3 Å². The van der Waals surface area contributed by atoms with Gasteiger partial charge in [0.1, 0.15) is 5.75 Å². The third kappa shape index (κ3) is 3.71. The highest BCUT2D eigenvalue weighted by atomic mass is 16.5. The average molecular weight is 312 g/mol. The third-order valence-electron chi connectivity index (χ3n) is 4.54. The molecular formula is C19H24N2O2. The van der Waals surface area contributed by atoms with E-state index in [1.54, 1.807) is 12.4 Å². The Morgan fingerprint density at radius 1 is 1.26 bits per heavy atom. The van der Waals surface area contributed by atoms with Crippen LogP contribution in [-0.2, 0) is 0 Å². The lowest BCUT2D eigenvalue weighted by Gasteiger charge is -2.21. The van der Waals surface area contributed by atoms with Gasteiger partial charge in [0, 0.05) is 30.5 Å². The molecule has 2 unspecified atom stereocenters. The molecule has 122 valence electrons. The molecule has 4 heteroatoms. The van der Waals surface area contributed by atoms with Crippen LogP contribution in [0.5, 0.6) is 5.75 Å². The monoisotopic (exact) mass is 312 g/mol. The zero-order valence-corrected chi connectivity index (χ0v) is 13.7. The van der Waals surface area contributed by atoms with Gasteiger partial charge in [0.15, 0.2) is 0 Å². The number of hydrogen-bond acceptors (Lipinski definition) is 4. The fraction of sp³-hybridized carbons (Fsp3) is 0.421. The van der Waals surface area contributed by atoms with Crippen LogP contribution in [0.1, 0.15) is 47.2 Å².